The fraction of sp³-hybridized carbons (Fsp3) is 0.562. The molecule has 1 aromatic rings. The van der Waals surface area contributed by atoms with Crippen molar-refractivity contribution < 1.29 is 4.79 Å². The molecule has 0 heterocycles. The highest BCUT2D eigenvalue weighted by molar-refractivity contribution is 6.01. The van der Waals surface area contributed by atoms with Crippen molar-refractivity contribution in [1.29, 1.82) is 0 Å². The van der Waals surface area contributed by atoms with Gasteiger partial charge in [0.25, 0.3) is 0 Å². The van der Waals surface area contributed by atoms with Gasteiger partial charge in [0.2, 0.25) is 0 Å². The Bertz CT molecular complexity index is 472. The smallest absolute Gasteiger partial charge is 0.166 e. The first kappa shape index (κ1) is 11.0. The van der Waals surface area contributed by atoms with Crippen molar-refractivity contribution >= 4 is 5.78 Å². The number of benzene rings is 1. The Morgan fingerprint density at radius 3 is 2.65 bits per heavy atom. The second-order valence-corrected chi connectivity index (χ2v) is 6.32. The van der Waals surface area contributed by atoms with E-state index in [2.05, 4.69) is 32.9 Å². The third-order valence-electron chi connectivity index (χ3n) is 5.10. The lowest BCUT2D eigenvalue weighted by atomic mass is 9.60. The van der Waals surface area contributed by atoms with Crippen molar-refractivity contribution in [2.24, 2.45) is 17.8 Å². The van der Waals surface area contributed by atoms with Crippen LogP contribution in [-0.2, 0) is 5.41 Å². The van der Waals surface area contributed by atoms with E-state index < -0.39 is 0 Å². The minimum Gasteiger partial charge on any atom is -0.294 e. The van der Waals surface area contributed by atoms with Crippen LogP contribution in [0.5, 0.6) is 0 Å². The number of hydrogen-bond donors (Lipinski definition) is 0. The number of hydrogen-bond acceptors (Lipinski definition) is 1. The van der Waals surface area contributed by atoms with Gasteiger partial charge in [0.05, 0.1) is 0 Å². The molecule has 0 aliphatic heterocycles. The van der Waals surface area contributed by atoms with Crippen LogP contribution in [0.25, 0.3) is 0 Å². The standard InChI is InChI=1S/C16H20O/c1-10-8-9-13-14(10)15(17)11-6-4-5-7-12(11)16(13,2)3/h4-7,10,13-14H,8-9H2,1-3H3/t10-,13-,14+/m1/s1. The minimum absolute atomic E-state index is 0.153. The van der Waals surface area contributed by atoms with Gasteiger partial charge in [-0.15, -0.1) is 0 Å². The number of fused-ring (bicyclic) bond motifs is 2. The van der Waals surface area contributed by atoms with Crippen LogP contribution in [0.3, 0.4) is 0 Å². The molecule has 0 unspecified atom stereocenters. The Morgan fingerprint density at radius 2 is 1.88 bits per heavy atom. The van der Waals surface area contributed by atoms with Crippen LogP contribution < -0.4 is 0 Å². The molecular weight excluding hydrogens is 208 g/mol. The molecule has 0 spiro atoms. The zero-order valence-corrected chi connectivity index (χ0v) is 10.9. The van der Waals surface area contributed by atoms with Crippen LogP contribution in [0.1, 0.15) is 49.5 Å². The lowest BCUT2D eigenvalue weighted by Crippen LogP contribution is -2.42. The quantitative estimate of drug-likeness (QED) is 0.659. The number of ketones is 1. The van der Waals surface area contributed by atoms with E-state index in [1.807, 2.05) is 12.1 Å². The normalized spacial score (nSPS) is 34.3. The Morgan fingerprint density at radius 1 is 1.18 bits per heavy atom. The average molecular weight is 228 g/mol. The molecule has 1 aromatic carbocycles. The Labute approximate surface area is 103 Å². The molecule has 0 N–H and O–H groups in total. The fourth-order valence-corrected chi connectivity index (χ4v) is 4.09. The van der Waals surface area contributed by atoms with E-state index in [1.54, 1.807) is 0 Å². The van der Waals surface area contributed by atoms with Gasteiger partial charge in [-0.05, 0) is 35.7 Å². The number of carbonyl (C=O) groups is 1. The largest absolute Gasteiger partial charge is 0.294 e. The predicted molar refractivity (Wildman–Crippen MR) is 69.2 cm³/mol. The zero-order valence-electron chi connectivity index (χ0n) is 10.9. The number of rotatable bonds is 0. The van der Waals surface area contributed by atoms with Crippen molar-refractivity contribution in [3.8, 4) is 0 Å². The minimum atomic E-state index is 0.153. The zero-order chi connectivity index (χ0) is 12.2. The van der Waals surface area contributed by atoms with E-state index in [0.29, 0.717) is 17.6 Å². The summed E-state index contributed by atoms with van der Waals surface area (Å²) in [5.74, 6) is 1.76. The van der Waals surface area contributed by atoms with Crippen molar-refractivity contribution in [2.45, 2.75) is 39.0 Å². The predicted octanol–water partition coefficient (Wildman–Crippen LogP) is 3.82. The highest BCUT2D eigenvalue weighted by atomic mass is 16.1. The van der Waals surface area contributed by atoms with Gasteiger partial charge in [0.1, 0.15) is 0 Å². The SMILES string of the molecule is C[C@@H]1CC[C@@H]2[C@H]1C(=O)c1ccccc1C2(C)C. The number of carbonyl (C=O) groups excluding carboxylic acids is 1. The van der Waals surface area contributed by atoms with Crippen LogP contribution in [0.4, 0.5) is 0 Å². The summed E-state index contributed by atoms with van der Waals surface area (Å²) in [6.07, 6.45) is 2.41. The molecule has 1 fully saturated rings. The van der Waals surface area contributed by atoms with Crippen LogP contribution in [0.15, 0.2) is 24.3 Å². The first-order chi connectivity index (χ1) is 8.03. The molecule has 0 amide bonds. The van der Waals surface area contributed by atoms with E-state index in [0.717, 1.165) is 5.56 Å². The monoisotopic (exact) mass is 228 g/mol. The van der Waals surface area contributed by atoms with Crippen LogP contribution in [0, 0.1) is 17.8 Å². The summed E-state index contributed by atoms with van der Waals surface area (Å²) in [6.45, 7) is 6.87. The van der Waals surface area contributed by atoms with Gasteiger partial charge in [-0.1, -0.05) is 45.0 Å². The molecule has 3 atom stereocenters. The molecule has 1 nitrogen and oxygen atoms in total. The van der Waals surface area contributed by atoms with Gasteiger partial charge >= 0.3 is 0 Å². The summed E-state index contributed by atoms with van der Waals surface area (Å²) >= 11 is 0. The molecule has 0 bridgehead atoms. The summed E-state index contributed by atoms with van der Waals surface area (Å²) in [6, 6.07) is 8.21. The van der Waals surface area contributed by atoms with Gasteiger partial charge < -0.3 is 0 Å². The summed E-state index contributed by atoms with van der Waals surface area (Å²) in [4.78, 5) is 12.6. The van der Waals surface area contributed by atoms with Crippen molar-refractivity contribution in [2.75, 3.05) is 0 Å². The molecule has 0 saturated heterocycles. The molecule has 0 radical (unpaired) electrons. The lowest BCUT2D eigenvalue weighted by molar-refractivity contribution is 0.0777. The van der Waals surface area contributed by atoms with Crippen LogP contribution >= 0.6 is 0 Å². The van der Waals surface area contributed by atoms with E-state index >= 15 is 0 Å². The van der Waals surface area contributed by atoms with Crippen molar-refractivity contribution in [3.05, 3.63) is 35.4 Å². The summed E-state index contributed by atoms with van der Waals surface area (Å²) in [7, 11) is 0. The Kier molecular flexibility index (Phi) is 2.23. The lowest BCUT2D eigenvalue weighted by Gasteiger charge is -2.42. The van der Waals surface area contributed by atoms with E-state index in [9.17, 15) is 4.79 Å². The van der Waals surface area contributed by atoms with Crippen LogP contribution in [0.2, 0.25) is 0 Å². The highest BCUT2D eigenvalue weighted by Crippen LogP contribution is 2.53. The Hall–Kier alpha value is -1.11. The summed E-state index contributed by atoms with van der Waals surface area (Å²) in [5.41, 5.74) is 2.40. The van der Waals surface area contributed by atoms with Gasteiger partial charge in [0.15, 0.2) is 5.78 Å². The van der Waals surface area contributed by atoms with Gasteiger partial charge in [-0.25, -0.2) is 0 Å². The molecule has 0 aromatic heterocycles. The molecule has 90 valence electrons. The van der Waals surface area contributed by atoms with Crippen molar-refractivity contribution in [1.82, 2.24) is 0 Å². The highest BCUT2D eigenvalue weighted by Gasteiger charge is 2.51. The molecule has 1 saturated carbocycles. The first-order valence-corrected chi connectivity index (χ1v) is 6.67. The third kappa shape index (κ3) is 1.34. The third-order valence-corrected chi connectivity index (χ3v) is 5.10. The average Bonchev–Trinajstić information content (AvgIpc) is 2.70. The van der Waals surface area contributed by atoms with Crippen LogP contribution in [-0.4, -0.2) is 5.78 Å². The van der Waals surface area contributed by atoms with E-state index in [-0.39, 0.29) is 11.3 Å². The fourth-order valence-electron chi connectivity index (χ4n) is 4.09. The van der Waals surface area contributed by atoms with E-state index in [1.165, 1.54) is 18.4 Å². The Balaban J connectivity index is 2.21. The molecule has 2 aliphatic carbocycles. The van der Waals surface area contributed by atoms with Gasteiger partial charge in [0, 0.05) is 11.5 Å². The second kappa shape index (κ2) is 3.44. The first-order valence-electron chi connectivity index (χ1n) is 6.67. The summed E-state index contributed by atoms with van der Waals surface area (Å²) in [5, 5.41) is 0. The molecule has 3 rings (SSSR count). The molecule has 1 heteroatoms. The van der Waals surface area contributed by atoms with Gasteiger partial charge in [-0.3, -0.25) is 4.79 Å². The topological polar surface area (TPSA) is 17.1 Å². The molecule has 17 heavy (non-hydrogen) atoms. The maximum atomic E-state index is 12.6. The van der Waals surface area contributed by atoms with Gasteiger partial charge in [-0.2, -0.15) is 0 Å². The van der Waals surface area contributed by atoms with Crippen molar-refractivity contribution in [3.63, 3.8) is 0 Å². The van der Waals surface area contributed by atoms with E-state index in [4.69, 9.17) is 0 Å². The maximum absolute atomic E-state index is 12.6. The summed E-state index contributed by atoms with van der Waals surface area (Å²) < 4.78 is 0. The molecule has 2 aliphatic rings. The molecular formula is C16H20O. The maximum Gasteiger partial charge on any atom is 0.166 e. The number of Topliss-reactive ketones (excluding diaryl/α,β-unsaturated/α-hetero) is 1. The second-order valence-electron chi connectivity index (χ2n) is 6.32.